The van der Waals surface area contributed by atoms with E-state index in [0.29, 0.717) is 22.9 Å². The molecule has 0 aliphatic carbocycles. The monoisotopic (exact) mass is 275 g/mol. The van der Waals surface area contributed by atoms with Crippen molar-refractivity contribution in [3.05, 3.63) is 41.6 Å². The van der Waals surface area contributed by atoms with Gasteiger partial charge in [-0.3, -0.25) is 4.79 Å². The van der Waals surface area contributed by atoms with Gasteiger partial charge in [0.2, 0.25) is 5.89 Å². The molecule has 1 amide bonds. The number of methoxy groups -OCH3 is 1. The zero-order chi connectivity index (χ0) is 14.5. The van der Waals surface area contributed by atoms with Crippen LogP contribution in [0, 0.1) is 0 Å². The third-order valence-corrected chi connectivity index (χ3v) is 2.82. The summed E-state index contributed by atoms with van der Waals surface area (Å²) in [6.07, 6.45) is 2.42. The molecule has 0 saturated heterocycles. The average Bonchev–Trinajstić information content (AvgIpc) is 2.92. The lowest BCUT2D eigenvalue weighted by Crippen LogP contribution is -2.23. The van der Waals surface area contributed by atoms with Gasteiger partial charge >= 0.3 is 0 Å². The number of nitrogens with zero attached hydrogens (tertiary/aromatic N) is 1. The Bertz CT molecular complexity index is 607. The fourth-order valence-corrected chi connectivity index (χ4v) is 1.75. The number of carbonyl (C=O) groups is 1. The molecule has 2 aromatic rings. The second-order valence-corrected chi connectivity index (χ2v) is 4.22. The molecule has 20 heavy (non-hydrogen) atoms. The van der Waals surface area contributed by atoms with Gasteiger partial charge in [0.25, 0.3) is 5.91 Å². The first-order valence-electron chi connectivity index (χ1n) is 6.29. The van der Waals surface area contributed by atoms with E-state index in [1.54, 1.807) is 24.4 Å². The molecule has 0 aliphatic rings. The van der Waals surface area contributed by atoms with Gasteiger partial charge in [-0.15, -0.1) is 0 Å². The van der Waals surface area contributed by atoms with Crippen LogP contribution in [0.25, 0.3) is 0 Å². The summed E-state index contributed by atoms with van der Waals surface area (Å²) in [5, 5.41) is 2.72. The van der Waals surface area contributed by atoms with Gasteiger partial charge in [0, 0.05) is 12.1 Å². The van der Waals surface area contributed by atoms with Crippen molar-refractivity contribution in [3.63, 3.8) is 0 Å². The summed E-state index contributed by atoms with van der Waals surface area (Å²) in [5.74, 6) is 1.44. The maximum Gasteiger partial charge on any atom is 0.255 e. The molecule has 0 unspecified atom stereocenters. The SMILES string of the molecule is CCc1cnc(CNC(=O)c2cc(N)ccc2OC)o1. The van der Waals surface area contributed by atoms with E-state index in [9.17, 15) is 4.79 Å². The first-order valence-corrected chi connectivity index (χ1v) is 6.29. The standard InChI is InChI=1S/C14H17N3O3/c1-3-10-7-16-13(20-10)8-17-14(18)11-6-9(15)4-5-12(11)19-2/h4-7H,3,8,15H2,1-2H3,(H,17,18). The predicted octanol–water partition coefficient (Wildman–Crippen LogP) is 1.76. The number of nitrogens with two attached hydrogens (primary N) is 1. The Labute approximate surface area is 116 Å². The molecule has 0 bridgehead atoms. The van der Waals surface area contributed by atoms with Gasteiger partial charge in [0.1, 0.15) is 11.5 Å². The van der Waals surface area contributed by atoms with Gasteiger partial charge in [-0.25, -0.2) is 4.98 Å². The van der Waals surface area contributed by atoms with Gasteiger partial charge in [0.05, 0.1) is 25.4 Å². The van der Waals surface area contributed by atoms with E-state index in [1.165, 1.54) is 7.11 Å². The molecule has 1 heterocycles. The average molecular weight is 275 g/mol. The number of aryl methyl sites for hydroxylation is 1. The van der Waals surface area contributed by atoms with Crippen molar-refractivity contribution in [3.8, 4) is 5.75 Å². The third-order valence-electron chi connectivity index (χ3n) is 2.82. The van der Waals surface area contributed by atoms with Crippen molar-refractivity contribution in [2.24, 2.45) is 0 Å². The highest BCUT2D eigenvalue weighted by molar-refractivity contribution is 5.97. The number of aromatic nitrogens is 1. The Balaban J connectivity index is 2.06. The minimum atomic E-state index is -0.287. The van der Waals surface area contributed by atoms with Crippen LogP contribution < -0.4 is 15.8 Å². The van der Waals surface area contributed by atoms with Crippen molar-refractivity contribution in [1.29, 1.82) is 0 Å². The van der Waals surface area contributed by atoms with E-state index in [2.05, 4.69) is 10.3 Å². The summed E-state index contributed by atoms with van der Waals surface area (Å²) >= 11 is 0. The van der Waals surface area contributed by atoms with E-state index >= 15 is 0 Å². The number of ether oxygens (including phenoxy) is 1. The van der Waals surface area contributed by atoms with Crippen LogP contribution in [0.15, 0.2) is 28.8 Å². The molecule has 0 aliphatic heterocycles. The zero-order valence-electron chi connectivity index (χ0n) is 11.5. The smallest absolute Gasteiger partial charge is 0.255 e. The van der Waals surface area contributed by atoms with Crippen molar-refractivity contribution in [2.45, 2.75) is 19.9 Å². The fourth-order valence-electron chi connectivity index (χ4n) is 1.75. The quantitative estimate of drug-likeness (QED) is 0.811. The van der Waals surface area contributed by atoms with Crippen molar-refractivity contribution < 1.29 is 13.9 Å². The molecule has 6 nitrogen and oxygen atoms in total. The highest BCUT2D eigenvalue weighted by atomic mass is 16.5. The van der Waals surface area contributed by atoms with Gasteiger partial charge in [-0.05, 0) is 18.2 Å². The van der Waals surface area contributed by atoms with Gasteiger partial charge in [0.15, 0.2) is 0 Å². The maximum atomic E-state index is 12.1. The van der Waals surface area contributed by atoms with Crippen LogP contribution in [-0.4, -0.2) is 18.0 Å². The first kappa shape index (κ1) is 13.9. The number of benzene rings is 1. The molecule has 0 radical (unpaired) electrons. The molecule has 6 heteroatoms. The summed E-state index contributed by atoms with van der Waals surface area (Å²) in [4.78, 5) is 16.2. The second-order valence-electron chi connectivity index (χ2n) is 4.22. The van der Waals surface area contributed by atoms with Crippen molar-refractivity contribution >= 4 is 11.6 Å². The minimum absolute atomic E-state index is 0.219. The number of nitrogen functional groups attached to an aromatic ring is 1. The minimum Gasteiger partial charge on any atom is -0.496 e. The van der Waals surface area contributed by atoms with Crippen LogP contribution in [0.2, 0.25) is 0 Å². The molecule has 106 valence electrons. The van der Waals surface area contributed by atoms with Crippen molar-refractivity contribution in [2.75, 3.05) is 12.8 Å². The summed E-state index contributed by atoms with van der Waals surface area (Å²) in [6, 6.07) is 4.91. The molecule has 0 spiro atoms. The maximum absolute atomic E-state index is 12.1. The second kappa shape index (κ2) is 6.10. The summed E-state index contributed by atoms with van der Waals surface area (Å²) in [5.41, 5.74) is 6.57. The Morgan fingerprint density at radius 2 is 2.30 bits per heavy atom. The Hall–Kier alpha value is -2.50. The number of oxazole rings is 1. The van der Waals surface area contributed by atoms with Crippen LogP contribution in [-0.2, 0) is 13.0 Å². The molecular formula is C14H17N3O3. The lowest BCUT2D eigenvalue weighted by Gasteiger charge is -2.09. The summed E-state index contributed by atoms with van der Waals surface area (Å²) < 4.78 is 10.6. The van der Waals surface area contributed by atoms with Gasteiger partial charge in [-0.2, -0.15) is 0 Å². The number of hydrogen-bond acceptors (Lipinski definition) is 5. The van der Waals surface area contributed by atoms with Crippen LogP contribution in [0.4, 0.5) is 5.69 Å². The molecule has 0 atom stereocenters. The largest absolute Gasteiger partial charge is 0.496 e. The van der Waals surface area contributed by atoms with E-state index in [0.717, 1.165) is 12.2 Å². The molecular weight excluding hydrogens is 258 g/mol. The van der Waals surface area contributed by atoms with E-state index < -0.39 is 0 Å². The molecule has 0 saturated carbocycles. The molecule has 3 N–H and O–H groups in total. The number of nitrogens with one attached hydrogen (secondary N) is 1. The van der Waals surface area contributed by atoms with Gasteiger partial charge < -0.3 is 20.2 Å². The predicted molar refractivity (Wildman–Crippen MR) is 74.5 cm³/mol. The Morgan fingerprint density at radius 3 is 2.95 bits per heavy atom. The Morgan fingerprint density at radius 1 is 1.50 bits per heavy atom. The summed E-state index contributed by atoms with van der Waals surface area (Å²) in [7, 11) is 1.50. The van der Waals surface area contributed by atoms with E-state index in [-0.39, 0.29) is 12.5 Å². The zero-order valence-corrected chi connectivity index (χ0v) is 11.5. The van der Waals surface area contributed by atoms with Crippen molar-refractivity contribution in [1.82, 2.24) is 10.3 Å². The molecule has 1 aromatic heterocycles. The van der Waals surface area contributed by atoms with Crippen LogP contribution >= 0.6 is 0 Å². The first-order chi connectivity index (χ1) is 9.63. The highest BCUT2D eigenvalue weighted by Crippen LogP contribution is 2.20. The fraction of sp³-hybridized carbons (Fsp3) is 0.286. The Kier molecular flexibility index (Phi) is 4.24. The summed E-state index contributed by atoms with van der Waals surface area (Å²) in [6.45, 7) is 2.19. The molecule has 2 rings (SSSR count). The van der Waals surface area contributed by atoms with Crippen LogP contribution in [0.1, 0.15) is 28.9 Å². The number of anilines is 1. The third kappa shape index (κ3) is 3.09. The molecule has 0 fully saturated rings. The number of carbonyl (C=O) groups excluding carboxylic acids is 1. The topological polar surface area (TPSA) is 90.4 Å². The van der Waals surface area contributed by atoms with Crippen LogP contribution in [0.3, 0.4) is 0 Å². The normalized spacial score (nSPS) is 10.3. The number of hydrogen-bond donors (Lipinski definition) is 2. The van der Waals surface area contributed by atoms with E-state index in [4.69, 9.17) is 14.9 Å². The highest BCUT2D eigenvalue weighted by Gasteiger charge is 2.13. The number of amides is 1. The number of rotatable bonds is 5. The van der Waals surface area contributed by atoms with Gasteiger partial charge in [-0.1, -0.05) is 6.92 Å². The van der Waals surface area contributed by atoms with E-state index in [1.807, 2.05) is 6.92 Å². The lowest BCUT2D eigenvalue weighted by atomic mass is 10.1. The lowest BCUT2D eigenvalue weighted by molar-refractivity contribution is 0.0944. The molecule has 1 aromatic carbocycles. The van der Waals surface area contributed by atoms with Crippen LogP contribution in [0.5, 0.6) is 5.75 Å².